The van der Waals surface area contributed by atoms with Crippen LogP contribution in [0.5, 0.6) is 0 Å². The lowest BCUT2D eigenvalue weighted by molar-refractivity contribution is 0.0954. The SMILES string of the molecule is CS(=O)(=O)NCCNC(=O)c1cc(F)cc(-c2n[nH]c3ccccc23)c1. The van der Waals surface area contributed by atoms with Crippen LogP contribution in [0.2, 0.25) is 0 Å². The molecule has 1 amide bonds. The molecule has 3 N–H and O–H groups in total. The minimum Gasteiger partial charge on any atom is -0.351 e. The molecule has 2 aromatic carbocycles. The number of hydrogen-bond donors (Lipinski definition) is 3. The average molecular weight is 376 g/mol. The van der Waals surface area contributed by atoms with Gasteiger partial charge in [-0.3, -0.25) is 9.89 Å². The van der Waals surface area contributed by atoms with E-state index >= 15 is 0 Å². The number of H-pyrrole nitrogens is 1. The van der Waals surface area contributed by atoms with Gasteiger partial charge >= 0.3 is 0 Å². The van der Waals surface area contributed by atoms with Gasteiger partial charge in [-0.1, -0.05) is 18.2 Å². The molecule has 0 unspecified atom stereocenters. The van der Waals surface area contributed by atoms with Gasteiger partial charge in [0.1, 0.15) is 11.5 Å². The molecule has 0 fully saturated rings. The number of nitrogens with one attached hydrogen (secondary N) is 3. The van der Waals surface area contributed by atoms with Crippen molar-refractivity contribution >= 4 is 26.8 Å². The van der Waals surface area contributed by atoms with Gasteiger partial charge in [0.05, 0.1) is 11.8 Å². The maximum atomic E-state index is 14.0. The summed E-state index contributed by atoms with van der Waals surface area (Å²) in [5.74, 6) is -1.06. The van der Waals surface area contributed by atoms with Crippen molar-refractivity contribution < 1.29 is 17.6 Å². The topological polar surface area (TPSA) is 104 Å². The van der Waals surface area contributed by atoms with Crippen molar-refractivity contribution in [1.29, 1.82) is 0 Å². The van der Waals surface area contributed by atoms with E-state index in [1.165, 1.54) is 6.07 Å². The fourth-order valence-corrected chi connectivity index (χ4v) is 3.03. The van der Waals surface area contributed by atoms with Gasteiger partial charge in [-0.15, -0.1) is 0 Å². The van der Waals surface area contributed by atoms with Gasteiger partial charge in [0.25, 0.3) is 5.91 Å². The molecule has 9 heteroatoms. The number of para-hydroxylation sites is 1. The van der Waals surface area contributed by atoms with Gasteiger partial charge in [0.15, 0.2) is 0 Å². The number of hydrogen-bond acceptors (Lipinski definition) is 4. The molecule has 0 radical (unpaired) electrons. The number of benzene rings is 2. The zero-order chi connectivity index (χ0) is 18.7. The smallest absolute Gasteiger partial charge is 0.251 e. The van der Waals surface area contributed by atoms with Gasteiger partial charge in [0, 0.05) is 29.6 Å². The third kappa shape index (κ3) is 4.24. The van der Waals surface area contributed by atoms with Crippen molar-refractivity contribution in [2.75, 3.05) is 19.3 Å². The van der Waals surface area contributed by atoms with E-state index in [4.69, 9.17) is 0 Å². The van der Waals surface area contributed by atoms with Crippen molar-refractivity contribution in [3.05, 3.63) is 53.8 Å². The number of rotatable bonds is 6. The number of fused-ring (bicyclic) bond motifs is 1. The standard InChI is InChI=1S/C17H17FN4O3S/c1-26(24,25)20-7-6-19-17(23)12-8-11(9-13(18)10-12)16-14-4-2-3-5-15(14)21-22-16/h2-5,8-10,20H,6-7H2,1H3,(H,19,23)(H,21,22). The molecule has 3 rings (SSSR count). The first kappa shape index (κ1) is 18.0. The van der Waals surface area contributed by atoms with Crippen molar-refractivity contribution in [3.8, 4) is 11.3 Å². The molecule has 0 spiro atoms. The number of carbonyl (C=O) groups excluding carboxylic acids is 1. The molecule has 3 aromatic rings. The molecular formula is C17H17FN4O3S. The predicted octanol–water partition coefficient (Wildman–Crippen LogP) is 1.65. The summed E-state index contributed by atoms with van der Waals surface area (Å²) in [5, 5.41) is 10.5. The highest BCUT2D eigenvalue weighted by atomic mass is 32.2. The summed E-state index contributed by atoms with van der Waals surface area (Å²) in [6, 6.07) is 11.4. The highest BCUT2D eigenvalue weighted by Crippen LogP contribution is 2.27. The number of halogens is 1. The lowest BCUT2D eigenvalue weighted by Crippen LogP contribution is -2.34. The molecule has 7 nitrogen and oxygen atoms in total. The van der Waals surface area contributed by atoms with Crippen LogP contribution in [-0.4, -0.2) is 43.9 Å². The summed E-state index contributed by atoms with van der Waals surface area (Å²) < 4.78 is 38.3. The molecule has 1 aromatic heterocycles. The van der Waals surface area contributed by atoms with Crippen molar-refractivity contribution in [1.82, 2.24) is 20.2 Å². The zero-order valence-electron chi connectivity index (χ0n) is 13.9. The Bertz CT molecular complexity index is 1060. The number of aromatic nitrogens is 2. The Morgan fingerprint density at radius 1 is 1.19 bits per heavy atom. The summed E-state index contributed by atoms with van der Waals surface area (Å²) >= 11 is 0. The summed E-state index contributed by atoms with van der Waals surface area (Å²) in [6.45, 7) is 0.139. The van der Waals surface area contributed by atoms with Crippen LogP contribution in [0.1, 0.15) is 10.4 Å². The minimum atomic E-state index is -3.32. The molecular weight excluding hydrogens is 359 g/mol. The quantitative estimate of drug-likeness (QED) is 0.569. The molecule has 0 aliphatic heterocycles. The second-order valence-electron chi connectivity index (χ2n) is 5.77. The highest BCUT2D eigenvalue weighted by molar-refractivity contribution is 7.88. The van der Waals surface area contributed by atoms with E-state index in [2.05, 4.69) is 20.2 Å². The van der Waals surface area contributed by atoms with E-state index in [-0.39, 0.29) is 18.7 Å². The third-order valence-electron chi connectivity index (χ3n) is 3.68. The van der Waals surface area contributed by atoms with Crippen LogP contribution in [0.25, 0.3) is 22.2 Å². The van der Waals surface area contributed by atoms with Crippen LogP contribution >= 0.6 is 0 Å². The number of carbonyl (C=O) groups is 1. The maximum Gasteiger partial charge on any atom is 0.251 e. The predicted molar refractivity (Wildman–Crippen MR) is 96.7 cm³/mol. The molecule has 0 saturated carbocycles. The Morgan fingerprint density at radius 2 is 1.96 bits per heavy atom. The molecule has 1 heterocycles. The number of nitrogens with zero attached hydrogens (tertiary/aromatic N) is 1. The van der Waals surface area contributed by atoms with Crippen LogP contribution in [-0.2, 0) is 10.0 Å². The van der Waals surface area contributed by atoms with E-state index in [1.54, 1.807) is 6.07 Å². The molecule has 0 saturated heterocycles. The van der Waals surface area contributed by atoms with Crippen molar-refractivity contribution in [3.63, 3.8) is 0 Å². The first-order valence-corrected chi connectivity index (χ1v) is 9.69. The van der Waals surface area contributed by atoms with E-state index in [1.807, 2.05) is 24.3 Å². The Hall–Kier alpha value is -2.78. The first-order valence-electron chi connectivity index (χ1n) is 7.80. The van der Waals surface area contributed by atoms with Gasteiger partial charge in [-0.25, -0.2) is 17.5 Å². The maximum absolute atomic E-state index is 14.0. The Morgan fingerprint density at radius 3 is 2.73 bits per heavy atom. The lowest BCUT2D eigenvalue weighted by Gasteiger charge is -2.07. The molecule has 0 bridgehead atoms. The summed E-state index contributed by atoms with van der Waals surface area (Å²) in [6.07, 6.45) is 1.03. The Balaban J connectivity index is 1.80. The second-order valence-corrected chi connectivity index (χ2v) is 7.60. The number of aromatic amines is 1. The van der Waals surface area contributed by atoms with Crippen molar-refractivity contribution in [2.24, 2.45) is 0 Å². The van der Waals surface area contributed by atoms with Gasteiger partial charge < -0.3 is 5.32 Å². The largest absolute Gasteiger partial charge is 0.351 e. The molecule has 26 heavy (non-hydrogen) atoms. The second kappa shape index (κ2) is 7.22. The van der Waals surface area contributed by atoms with Crippen LogP contribution < -0.4 is 10.0 Å². The first-order chi connectivity index (χ1) is 12.3. The summed E-state index contributed by atoms with van der Waals surface area (Å²) in [5.41, 5.74) is 1.96. The number of amides is 1. The molecule has 136 valence electrons. The normalized spacial score (nSPS) is 11.6. The summed E-state index contributed by atoms with van der Waals surface area (Å²) in [4.78, 5) is 12.2. The van der Waals surface area contributed by atoms with Crippen molar-refractivity contribution in [2.45, 2.75) is 0 Å². The lowest BCUT2D eigenvalue weighted by atomic mass is 10.0. The monoisotopic (exact) mass is 376 g/mol. The molecule has 0 aliphatic carbocycles. The fraction of sp³-hybridized carbons (Fsp3) is 0.176. The van der Waals surface area contributed by atoms with Crippen LogP contribution in [0, 0.1) is 5.82 Å². The van der Waals surface area contributed by atoms with Crippen LogP contribution in [0.15, 0.2) is 42.5 Å². The van der Waals surface area contributed by atoms with E-state index in [0.29, 0.717) is 11.3 Å². The minimum absolute atomic E-state index is 0.0523. The summed E-state index contributed by atoms with van der Waals surface area (Å²) in [7, 11) is -3.32. The third-order valence-corrected chi connectivity index (χ3v) is 4.41. The zero-order valence-corrected chi connectivity index (χ0v) is 14.7. The molecule has 0 atom stereocenters. The highest BCUT2D eigenvalue weighted by Gasteiger charge is 2.13. The van der Waals surface area contributed by atoms with Crippen LogP contribution in [0.3, 0.4) is 0 Å². The van der Waals surface area contributed by atoms with E-state index in [0.717, 1.165) is 23.2 Å². The van der Waals surface area contributed by atoms with Gasteiger partial charge in [-0.05, 0) is 24.3 Å². The van der Waals surface area contributed by atoms with E-state index < -0.39 is 21.7 Å². The number of sulfonamides is 1. The Labute approximate surface area is 149 Å². The molecule has 0 aliphatic rings. The fourth-order valence-electron chi connectivity index (χ4n) is 2.56. The van der Waals surface area contributed by atoms with Gasteiger partial charge in [-0.2, -0.15) is 5.10 Å². The van der Waals surface area contributed by atoms with Gasteiger partial charge in [0.2, 0.25) is 10.0 Å². The van der Waals surface area contributed by atoms with Crippen LogP contribution in [0.4, 0.5) is 4.39 Å². The van der Waals surface area contributed by atoms with E-state index in [9.17, 15) is 17.6 Å². The average Bonchev–Trinajstić information content (AvgIpc) is 3.01. The Kier molecular flexibility index (Phi) is 5.01.